The second-order valence-corrected chi connectivity index (χ2v) is 4.79. The lowest BCUT2D eigenvalue weighted by Gasteiger charge is -2.14. The van der Waals surface area contributed by atoms with Crippen molar-refractivity contribution < 1.29 is 4.79 Å². The maximum Gasteiger partial charge on any atom is 0.320 e. The van der Waals surface area contributed by atoms with E-state index in [1.807, 2.05) is 19.1 Å². The first-order chi connectivity index (χ1) is 9.58. The van der Waals surface area contributed by atoms with E-state index in [9.17, 15) is 4.79 Å². The number of anilines is 1. The van der Waals surface area contributed by atoms with Gasteiger partial charge in [0.25, 0.3) is 0 Å². The molecule has 1 aromatic carbocycles. The summed E-state index contributed by atoms with van der Waals surface area (Å²) < 4.78 is 1.64. The van der Waals surface area contributed by atoms with Gasteiger partial charge in [0, 0.05) is 19.3 Å². The summed E-state index contributed by atoms with van der Waals surface area (Å²) in [5.74, 6) is 0.540. The molecule has 0 radical (unpaired) electrons. The first-order valence-corrected chi connectivity index (χ1v) is 6.74. The molecule has 2 N–H and O–H groups in total. The Bertz CT molecular complexity index is 574. The van der Waals surface area contributed by atoms with Crippen molar-refractivity contribution in [2.75, 3.05) is 5.32 Å². The molecule has 0 unspecified atom stereocenters. The number of hydrogen-bond donors (Lipinski definition) is 2. The molecule has 0 bridgehead atoms. The fourth-order valence-corrected chi connectivity index (χ4v) is 1.96. The van der Waals surface area contributed by atoms with Crippen molar-refractivity contribution >= 4 is 11.8 Å². The van der Waals surface area contributed by atoms with Crippen LogP contribution in [0.5, 0.6) is 0 Å². The van der Waals surface area contributed by atoms with Crippen LogP contribution in [0.3, 0.4) is 0 Å². The van der Waals surface area contributed by atoms with Gasteiger partial charge >= 0.3 is 6.03 Å². The third-order valence-electron chi connectivity index (χ3n) is 3.19. The van der Waals surface area contributed by atoms with Crippen LogP contribution >= 0.6 is 0 Å². The van der Waals surface area contributed by atoms with E-state index in [1.165, 1.54) is 5.56 Å². The van der Waals surface area contributed by atoms with E-state index in [0.717, 1.165) is 12.0 Å². The minimum atomic E-state index is -0.254. The number of aromatic nitrogens is 2. The van der Waals surface area contributed by atoms with Gasteiger partial charge in [0.05, 0.1) is 6.04 Å². The molecule has 20 heavy (non-hydrogen) atoms. The van der Waals surface area contributed by atoms with Crippen molar-refractivity contribution in [3.8, 4) is 0 Å². The molecule has 5 nitrogen and oxygen atoms in total. The van der Waals surface area contributed by atoms with Crippen LogP contribution < -0.4 is 10.6 Å². The van der Waals surface area contributed by atoms with E-state index in [4.69, 9.17) is 0 Å². The highest BCUT2D eigenvalue weighted by atomic mass is 16.2. The van der Waals surface area contributed by atoms with Crippen LogP contribution in [0.2, 0.25) is 0 Å². The van der Waals surface area contributed by atoms with Crippen LogP contribution in [0.25, 0.3) is 0 Å². The second kappa shape index (κ2) is 6.23. The summed E-state index contributed by atoms with van der Waals surface area (Å²) in [6.45, 7) is 4.08. The van der Waals surface area contributed by atoms with Gasteiger partial charge in [-0.05, 0) is 24.5 Å². The fourth-order valence-electron chi connectivity index (χ4n) is 1.96. The molecule has 1 heterocycles. The zero-order chi connectivity index (χ0) is 14.5. The summed E-state index contributed by atoms with van der Waals surface area (Å²) in [5, 5.41) is 9.69. The van der Waals surface area contributed by atoms with Crippen LogP contribution in [-0.4, -0.2) is 15.8 Å². The highest BCUT2D eigenvalue weighted by molar-refractivity contribution is 5.88. The first kappa shape index (κ1) is 14.1. The SMILES string of the molecule is CCc1ccc([C@@H](C)NC(=O)Nc2ccn(C)n2)cc1. The monoisotopic (exact) mass is 272 g/mol. The Morgan fingerprint density at radius 1 is 1.30 bits per heavy atom. The minimum Gasteiger partial charge on any atom is -0.331 e. The van der Waals surface area contributed by atoms with Crippen molar-refractivity contribution in [2.45, 2.75) is 26.3 Å². The average molecular weight is 272 g/mol. The molecule has 0 saturated carbocycles. The molecule has 0 aliphatic heterocycles. The van der Waals surface area contributed by atoms with Gasteiger partial charge in [-0.1, -0.05) is 31.2 Å². The Labute approximate surface area is 119 Å². The Kier molecular flexibility index (Phi) is 4.40. The molecule has 1 aromatic heterocycles. The van der Waals surface area contributed by atoms with E-state index in [0.29, 0.717) is 5.82 Å². The van der Waals surface area contributed by atoms with Crippen LogP contribution in [-0.2, 0) is 13.5 Å². The summed E-state index contributed by atoms with van der Waals surface area (Å²) in [5.41, 5.74) is 2.37. The molecule has 0 saturated heterocycles. The zero-order valence-electron chi connectivity index (χ0n) is 12.1. The van der Waals surface area contributed by atoms with Crippen LogP contribution in [0.15, 0.2) is 36.5 Å². The molecular formula is C15H20N4O. The van der Waals surface area contributed by atoms with Crippen LogP contribution in [0.4, 0.5) is 10.6 Å². The number of hydrogen-bond acceptors (Lipinski definition) is 2. The zero-order valence-corrected chi connectivity index (χ0v) is 12.1. The maximum absolute atomic E-state index is 11.9. The summed E-state index contributed by atoms with van der Waals surface area (Å²) >= 11 is 0. The number of benzene rings is 1. The average Bonchev–Trinajstić information content (AvgIpc) is 2.84. The van der Waals surface area contributed by atoms with Crippen molar-refractivity contribution in [3.63, 3.8) is 0 Å². The van der Waals surface area contributed by atoms with Gasteiger partial charge in [0.15, 0.2) is 5.82 Å². The number of urea groups is 1. The van der Waals surface area contributed by atoms with Gasteiger partial charge < -0.3 is 5.32 Å². The molecule has 2 aromatic rings. The smallest absolute Gasteiger partial charge is 0.320 e. The summed E-state index contributed by atoms with van der Waals surface area (Å²) in [6.07, 6.45) is 2.80. The number of rotatable bonds is 4. The number of carbonyl (C=O) groups is 1. The standard InChI is InChI=1S/C15H20N4O/c1-4-12-5-7-13(8-6-12)11(2)16-15(20)17-14-9-10-19(3)18-14/h5-11H,4H2,1-3H3,(H2,16,17,18,20)/t11-/m1/s1. The summed E-state index contributed by atoms with van der Waals surface area (Å²) in [4.78, 5) is 11.9. The van der Waals surface area contributed by atoms with E-state index in [1.54, 1.807) is 24.0 Å². The third kappa shape index (κ3) is 3.60. The maximum atomic E-state index is 11.9. The summed E-state index contributed by atoms with van der Waals surface area (Å²) in [7, 11) is 1.81. The number of nitrogens with zero attached hydrogens (tertiary/aromatic N) is 2. The Hall–Kier alpha value is -2.30. The van der Waals surface area contributed by atoms with Crippen LogP contribution in [0, 0.1) is 0 Å². The van der Waals surface area contributed by atoms with Crippen molar-refractivity contribution in [1.29, 1.82) is 0 Å². The number of amides is 2. The minimum absolute atomic E-state index is 0.0513. The van der Waals surface area contributed by atoms with Crippen molar-refractivity contribution in [2.24, 2.45) is 7.05 Å². The molecule has 0 spiro atoms. The van der Waals surface area contributed by atoms with Gasteiger partial charge in [0.1, 0.15) is 0 Å². The molecule has 5 heteroatoms. The Balaban J connectivity index is 1.92. The van der Waals surface area contributed by atoms with Gasteiger partial charge in [-0.3, -0.25) is 10.00 Å². The number of aryl methyl sites for hydroxylation is 2. The normalized spacial score (nSPS) is 11.9. The molecule has 1 atom stereocenters. The molecule has 0 aliphatic carbocycles. The quantitative estimate of drug-likeness (QED) is 0.899. The number of carbonyl (C=O) groups excluding carboxylic acids is 1. The molecule has 2 amide bonds. The van der Waals surface area contributed by atoms with E-state index < -0.39 is 0 Å². The molecule has 106 valence electrons. The number of nitrogens with one attached hydrogen (secondary N) is 2. The first-order valence-electron chi connectivity index (χ1n) is 6.74. The van der Waals surface area contributed by atoms with Crippen molar-refractivity contribution in [1.82, 2.24) is 15.1 Å². The second-order valence-electron chi connectivity index (χ2n) is 4.79. The lowest BCUT2D eigenvalue weighted by Crippen LogP contribution is -2.31. The van der Waals surface area contributed by atoms with Gasteiger partial charge in [0.2, 0.25) is 0 Å². The molecule has 0 aliphatic rings. The van der Waals surface area contributed by atoms with Crippen molar-refractivity contribution in [3.05, 3.63) is 47.7 Å². The lowest BCUT2D eigenvalue weighted by atomic mass is 10.1. The van der Waals surface area contributed by atoms with E-state index in [2.05, 4.69) is 34.8 Å². The predicted octanol–water partition coefficient (Wildman–Crippen LogP) is 2.87. The van der Waals surface area contributed by atoms with Gasteiger partial charge in [-0.15, -0.1) is 0 Å². The topological polar surface area (TPSA) is 59.0 Å². The Morgan fingerprint density at radius 3 is 2.55 bits per heavy atom. The third-order valence-corrected chi connectivity index (χ3v) is 3.19. The van der Waals surface area contributed by atoms with E-state index >= 15 is 0 Å². The van der Waals surface area contributed by atoms with Gasteiger partial charge in [-0.2, -0.15) is 5.10 Å². The fraction of sp³-hybridized carbons (Fsp3) is 0.333. The highest BCUT2D eigenvalue weighted by Crippen LogP contribution is 2.14. The van der Waals surface area contributed by atoms with Gasteiger partial charge in [-0.25, -0.2) is 4.79 Å². The van der Waals surface area contributed by atoms with Crippen LogP contribution in [0.1, 0.15) is 31.0 Å². The highest BCUT2D eigenvalue weighted by Gasteiger charge is 2.10. The lowest BCUT2D eigenvalue weighted by molar-refractivity contribution is 0.249. The van der Waals surface area contributed by atoms with E-state index in [-0.39, 0.29) is 12.1 Å². The molecular weight excluding hydrogens is 252 g/mol. The largest absolute Gasteiger partial charge is 0.331 e. The Morgan fingerprint density at radius 2 is 2.00 bits per heavy atom. The molecule has 2 rings (SSSR count). The predicted molar refractivity (Wildman–Crippen MR) is 79.6 cm³/mol. The summed E-state index contributed by atoms with van der Waals surface area (Å²) in [6, 6.07) is 9.71. The molecule has 0 fully saturated rings.